The quantitative estimate of drug-likeness (QED) is 0.503. The van der Waals surface area contributed by atoms with Crippen LogP contribution >= 0.6 is 0 Å². The van der Waals surface area contributed by atoms with Crippen LogP contribution in [0.4, 0.5) is 0 Å². The van der Waals surface area contributed by atoms with Crippen molar-refractivity contribution < 1.29 is 14.6 Å². The molecule has 1 N–H and O–H groups in total. The molecule has 0 aliphatic heterocycles. The maximum atomic E-state index is 11.9. The molecular weight excluding hydrogens is 312 g/mol. The monoisotopic (exact) mass is 342 g/mol. The Labute approximate surface area is 151 Å². The van der Waals surface area contributed by atoms with Crippen molar-refractivity contribution in [1.29, 1.82) is 0 Å². The van der Waals surface area contributed by atoms with Gasteiger partial charge in [0.05, 0.1) is 0 Å². The molecule has 1 unspecified atom stereocenters. The highest BCUT2D eigenvalue weighted by molar-refractivity contribution is 5.99. The molecule has 2 aromatic rings. The molecule has 0 spiro atoms. The third-order valence-electron chi connectivity index (χ3n) is 3.71. The van der Waals surface area contributed by atoms with Crippen molar-refractivity contribution in [3.63, 3.8) is 0 Å². The molecule has 0 saturated heterocycles. The predicted molar refractivity (Wildman–Crippen MR) is 103 cm³/mol. The fraction of sp³-hybridized carbons (Fsp3) is 0.409. The largest absolute Gasteiger partial charge is 0.381 e. The second kappa shape index (κ2) is 13.3. The van der Waals surface area contributed by atoms with Gasteiger partial charge >= 0.3 is 0 Å². The van der Waals surface area contributed by atoms with E-state index in [0.29, 0.717) is 11.1 Å². The fourth-order valence-electron chi connectivity index (χ4n) is 2.14. The van der Waals surface area contributed by atoms with Crippen molar-refractivity contribution in [2.24, 2.45) is 0 Å². The molecule has 0 heterocycles. The van der Waals surface area contributed by atoms with Crippen molar-refractivity contribution in [1.82, 2.24) is 0 Å². The van der Waals surface area contributed by atoms with Gasteiger partial charge in [0.15, 0.2) is 5.78 Å². The number of rotatable bonds is 9. The minimum atomic E-state index is -1.08. The maximum Gasteiger partial charge on any atom is 0.195 e. The molecule has 3 heteroatoms. The molecule has 2 rings (SSSR count). The van der Waals surface area contributed by atoms with Crippen LogP contribution in [0.2, 0.25) is 0 Å². The van der Waals surface area contributed by atoms with Gasteiger partial charge in [-0.3, -0.25) is 4.79 Å². The molecule has 0 aromatic heterocycles. The minimum Gasteiger partial charge on any atom is -0.381 e. The zero-order valence-corrected chi connectivity index (χ0v) is 15.4. The number of carbonyl (C=O) groups excluding carboxylic acids is 1. The number of benzene rings is 2. The third kappa shape index (κ3) is 8.62. The van der Waals surface area contributed by atoms with Crippen molar-refractivity contribution >= 4 is 5.78 Å². The Kier molecular flexibility index (Phi) is 11.2. The maximum absolute atomic E-state index is 11.9. The highest BCUT2D eigenvalue weighted by atomic mass is 16.5. The first-order chi connectivity index (χ1) is 12.2. The zero-order valence-electron chi connectivity index (χ0n) is 15.4. The summed E-state index contributed by atoms with van der Waals surface area (Å²) in [4.78, 5) is 11.9. The Balaban J connectivity index is 0.000000299. The van der Waals surface area contributed by atoms with Crippen LogP contribution in [0.1, 0.15) is 61.6 Å². The SMILES string of the molecule is CCCCOCCCC.O=C(c1ccccc1)C(O)c1ccccc1. The zero-order chi connectivity index (χ0) is 18.3. The molecular formula is C22H30O3. The number of unbranched alkanes of at least 4 members (excludes halogenated alkanes) is 2. The second-order valence-electron chi connectivity index (χ2n) is 5.86. The summed E-state index contributed by atoms with van der Waals surface area (Å²) in [6.45, 7) is 6.28. The lowest BCUT2D eigenvalue weighted by atomic mass is 10.0. The number of ketones is 1. The molecule has 0 amide bonds. The van der Waals surface area contributed by atoms with Crippen molar-refractivity contribution in [3.8, 4) is 0 Å². The molecule has 1 atom stereocenters. The number of aliphatic hydroxyl groups is 1. The van der Waals surface area contributed by atoms with Gasteiger partial charge < -0.3 is 9.84 Å². The first-order valence-electron chi connectivity index (χ1n) is 9.10. The molecule has 0 saturated carbocycles. The smallest absolute Gasteiger partial charge is 0.195 e. The number of Topliss-reactive ketones (excluding diaryl/α,β-unsaturated/α-hetero) is 1. The van der Waals surface area contributed by atoms with E-state index in [4.69, 9.17) is 4.74 Å². The first-order valence-corrected chi connectivity index (χ1v) is 9.10. The van der Waals surface area contributed by atoms with Gasteiger partial charge in [0.2, 0.25) is 0 Å². The molecule has 0 bridgehead atoms. The Hall–Kier alpha value is -1.97. The molecule has 136 valence electrons. The first kappa shape index (κ1) is 21.1. The number of carbonyl (C=O) groups is 1. The van der Waals surface area contributed by atoms with Gasteiger partial charge in [-0.15, -0.1) is 0 Å². The van der Waals surface area contributed by atoms with E-state index in [1.54, 1.807) is 48.5 Å². The van der Waals surface area contributed by atoms with Gasteiger partial charge in [-0.05, 0) is 18.4 Å². The second-order valence-corrected chi connectivity index (χ2v) is 5.86. The van der Waals surface area contributed by atoms with E-state index in [2.05, 4.69) is 13.8 Å². The highest BCUT2D eigenvalue weighted by Gasteiger charge is 2.18. The van der Waals surface area contributed by atoms with Gasteiger partial charge in [-0.1, -0.05) is 87.4 Å². The predicted octanol–water partition coefficient (Wildman–Crippen LogP) is 5.21. The van der Waals surface area contributed by atoms with Gasteiger partial charge in [0, 0.05) is 18.8 Å². The van der Waals surface area contributed by atoms with Gasteiger partial charge in [-0.25, -0.2) is 0 Å². The Bertz CT molecular complexity index is 560. The summed E-state index contributed by atoms with van der Waals surface area (Å²) in [6, 6.07) is 17.7. The molecule has 25 heavy (non-hydrogen) atoms. The summed E-state index contributed by atoms with van der Waals surface area (Å²) in [5.41, 5.74) is 1.15. The minimum absolute atomic E-state index is 0.271. The van der Waals surface area contributed by atoms with Crippen LogP contribution in [0.15, 0.2) is 60.7 Å². The van der Waals surface area contributed by atoms with Crippen LogP contribution in [0.3, 0.4) is 0 Å². The van der Waals surface area contributed by atoms with Crippen LogP contribution < -0.4 is 0 Å². The lowest BCUT2D eigenvalue weighted by Crippen LogP contribution is -2.11. The standard InChI is InChI=1S/C14H12O2.C8H18O/c15-13(11-7-3-1-4-8-11)14(16)12-9-5-2-6-10-12;1-3-5-7-9-8-6-4-2/h1-10,13,15H;3-8H2,1-2H3. The summed E-state index contributed by atoms with van der Waals surface area (Å²) < 4.78 is 5.31. The number of hydrogen-bond donors (Lipinski definition) is 1. The van der Waals surface area contributed by atoms with E-state index in [1.165, 1.54) is 25.7 Å². The van der Waals surface area contributed by atoms with Crippen LogP contribution in [-0.2, 0) is 4.74 Å². The fourth-order valence-corrected chi connectivity index (χ4v) is 2.14. The molecule has 3 nitrogen and oxygen atoms in total. The summed E-state index contributed by atoms with van der Waals surface area (Å²) >= 11 is 0. The third-order valence-corrected chi connectivity index (χ3v) is 3.71. The van der Waals surface area contributed by atoms with Crippen LogP contribution in [0.5, 0.6) is 0 Å². The lowest BCUT2D eigenvalue weighted by molar-refractivity contribution is 0.0747. The number of hydrogen-bond acceptors (Lipinski definition) is 3. The van der Waals surface area contributed by atoms with Crippen molar-refractivity contribution in [2.75, 3.05) is 13.2 Å². The van der Waals surface area contributed by atoms with E-state index in [9.17, 15) is 9.90 Å². The van der Waals surface area contributed by atoms with Crippen molar-refractivity contribution in [2.45, 2.75) is 45.6 Å². The topological polar surface area (TPSA) is 46.5 Å². The van der Waals surface area contributed by atoms with E-state index >= 15 is 0 Å². The Morgan fingerprint density at radius 1 is 0.880 bits per heavy atom. The molecule has 2 aromatic carbocycles. The Morgan fingerprint density at radius 3 is 1.84 bits per heavy atom. The van der Waals surface area contributed by atoms with Gasteiger partial charge in [0.25, 0.3) is 0 Å². The van der Waals surface area contributed by atoms with Crippen molar-refractivity contribution in [3.05, 3.63) is 71.8 Å². The highest BCUT2D eigenvalue weighted by Crippen LogP contribution is 2.17. The summed E-state index contributed by atoms with van der Waals surface area (Å²) in [6.07, 6.45) is 3.83. The van der Waals surface area contributed by atoms with E-state index in [-0.39, 0.29) is 5.78 Å². The molecule has 0 aliphatic rings. The van der Waals surface area contributed by atoms with E-state index in [0.717, 1.165) is 13.2 Å². The van der Waals surface area contributed by atoms with E-state index in [1.807, 2.05) is 12.1 Å². The van der Waals surface area contributed by atoms with Crippen LogP contribution in [0, 0.1) is 0 Å². The average molecular weight is 342 g/mol. The number of aliphatic hydroxyl groups excluding tert-OH is 1. The lowest BCUT2D eigenvalue weighted by Gasteiger charge is -2.09. The molecule has 0 aliphatic carbocycles. The molecule has 0 radical (unpaired) electrons. The normalized spacial score (nSPS) is 11.3. The Morgan fingerprint density at radius 2 is 1.36 bits per heavy atom. The van der Waals surface area contributed by atoms with Crippen LogP contribution in [0.25, 0.3) is 0 Å². The number of ether oxygens (including phenoxy) is 1. The molecule has 0 fully saturated rings. The summed E-state index contributed by atoms with van der Waals surface area (Å²) in [5, 5.41) is 9.89. The van der Waals surface area contributed by atoms with Gasteiger partial charge in [-0.2, -0.15) is 0 Å². The average Bonchev–Trinajstić information content (AvgIpc) is 2.68. The van der Waals surface area contributed by atoms with E-state index < -0.39 is 6.10 Å². The summed E-state index contributed by atoms with van der Waals surface area (Å²) in [5.74, 6) is -0.271. The summed E-state index contributed by atoms with van der Waals surface area (Å²) in [7, 11) is 0. The van der Waals surface area contributed by atoms with Crippen LogP contribution in [-0.4, -0.2) is 24.1 Å². The van der Waals surface area contributed by atoms with Gasteiger partial charge in [0.1, 0.15) is 6.10 Å².